The SMILES string of the molecule is O=C(Cc1ccc2cncc(Cl)c2c1)[C@@H]1CC1c1ccc(S(=O)(=O)Cc2ccc(Cl)cn2)cc1. The molecule has 5 nitrogen and oxygen atoms in total. The molecule has 1 unspecified atom stereocenters. The number of ketones is 1. The van der Waals surface area contributed by atoms with Gasteiger partial charge in [0.15, 0.2) is 9.84 Å². The van der Waals surface area contributed by atoms with Gasteiger partial charge in [-0.15, -0.1) is 0 Å². The molecule has 1 saturated carbocycles. The zero-order valence-corrected chi connectivity index (χ0v) is 20.3. The number of carbonyl (C=O) groups is 1. The van der Waals surface area contributed by atoms with Crippen molar-refractivity contribution in [1.29, 1.82) is 0 Å². The largest absolute Gasteiger partial charge is 0.299 e. The molecule has 1 aliphatic carbocycles. The minimum absolute atomic E-state index is 0.0515. The van der Waals surface area contributed by atoms with Gasteiger partial charge in [0.1, 0.15) is 5.78 Å². The van der Waals surface area contributed by atoms with Crippen LogP contribution in [0.3, 0.4) is 0 Å². The first-order valence-electron chi connectivity index (χ1n) is 10.8. The molecule has 2 aromatic heterocycles. The number of fused-ring (bicyclic) bond motifs is 1. The minimum Gasteiger partial charge on any atom is -0.299 e. The number of sulfone groups is 1. The quantitative estimate of drug-likeness (QED) is 0.312. The van der Waals surface area contributed by atoms with Crippen LogP contribution in [-0.2, 0) is 26.8 Å². The van der Waals surface area contributed by atoms with Crippen molar-refractivity contribution in [2.75, 3.05) is 0 Å². The van der Waals surface area contributed by atoms with E-state index in [-0.39, 0.29) is 28.3 Å². The number of pyridine rings is 2. The average Bonchev–Trinajstić information content (AvgIpc) is 3.62. The zero-order valence-electron chi connectivity index (χ0n) is 18.0. The second kappa shape index (κ2) is 9.10. The molecule has 8 heteroatoms. The zero-order chi connectivity index (χ0) is 23.9. The van der Waals surface area contributed by atoms with Crippen LogP contribution in [0.5, 0.6) is 0 Å². The van der Waals surface area contributed by atoms with Crippen LogP contribution in [0.25, 0.3) is 10.8 Å². The molecule has 0 spiro atoms. The Morgan fingerprint density at radius 1 is 0.971 bits per heavy atom. The molecule has 1 fully saturated rings. The summed E-state index contributed by atoms with van der Waals surface area (Å²) in [5, 5.41) is 2.86. The lowest BCUT2D eigenvalue weighted by Gasteiger charge is -2.07. The predicted molar refractivity (Wildman–Crippen MR) is 133 cm³/mol. The lowest BCUT2D eigenvalue weighted by Crippen LogP contribution is -2.07. The van der Waals surface area contributed by atoms with Gasteiger partial charge in [-0.2, -0.15) is 0 Å². The van der Waals surface area contributed by atoms with E-state index in [9.17, 15) is 13.2 Å². The van der Waals surface area contributed by atoms with Crippen LogP contribution in [0.1, 0.15) is 29.2 Å². The summed E-state index contributed by atoms with van der Waals surface area (Å²) in [7, 11) is -3.53. The van der Waals surface area contributed by atoms with Crippen LogP contribution in [-0.4, -0.2) is 24.2 Å². The van der Waals surface area contributed by atoms with Crippen LogP contribution < -0.4 is 0 Å². The molecule has 0 aliphatic heterocycles. The fourth-order valence-corrected chi connectivity index (χ4v) is 5.84. The smallest absolute Gasteiger partial charge is 0.184 e. The van der Waals surface area contributed by atoms with Crippen molar-refractivity contribution in [2.45, 2.75) is 29.4 Å². The summed E-state index contributed by atoms with van der Waals surface area (Å²) in [5.74, 6) is 0.0553. The fourth-order valence-electron chi connectivity index (χ4n) is 4.23. The maximum absolute atomic E-state index is 12.9. The first-order chi connectivity index (χ1) is 16.3. The number of carbonyl (C=O) groups excluding carboxylic acids is 1. The normalized spacial score (nSPS) is 17.6. The highest BCUT2D eigenvalue weighted by Crippen LogP contribution is 2.48. The number of nitrogens with zero attached hydrogens (tertiary/aromatic N) is 2. The van der Waals surface area contributed by atoms with Crippen molar-refractivity contribution in [1.82, 2.24) is 9.97 Å². The summed E-state index contributed by atoms with van der Waals surface area (Å²) < 4.78 is 25.5. The Labute approximate surface area is 207 Å². The molecule has 0 radical (unpaired) electrons. The summed E-state index contributed by atoms with van der Waals surface area (Å²) in [6.07, 6.45) is 5.90. The fraction of sp³-hybridized carbons (Fsp3) is 0.192. The van der Waals surface area contributed by atoms with Crippen molar-refractivity contribution in [3.8, 4) is 0 Å². The predicted octanol–water partition coefficient (Wildman–Crippen LogP) is 5.83. The van der Waals surface area contributed by atoms with E-state index >= 15 is 0 Å². The van der Waals surface area contributed by atoms with Gasteiger partial charge in [0, 0.05) is 41.7 Å². The molecule has 0 amide bonds. The van der Waals surface area contributed by atoms with Crippen molar-refractivity contribution in [3.63, 3.8) is 0 Å². The third kappa shape index (κ3) is 4.85. The van der Waals surface area contributed by atoms with Gasteiger partial charge in [-0.3, -0.25) is 14.8 Å². The van der Waals surface area contributed by atoms with Gasteiger partial charge >= 0.3 is 0 Å². The Kier molecular flexibility index (Phi) is 6.15. The van der Waals surface area contributed by atoms with Gasteiger partial charge in [-0.1, -0.05) is 47.5 Å². The van der Waals surface area contributed by atoms with E-state index < -0.39 is 9.84 Å². The molecular weight excluding hydrogens is 491 g/mol. The topological polar surface area (TPSA) is 77.0 Å². The van der Waals surface area contributed by atoms with Gasteiger partial charge in [0.05, 0.1) is 26.4 Å². The lowest BCUT2D eigenvalue weighted by atomic mass is 10.0. The number of aromatic nitrogens is 2. The highest BCUT2D eigenvalue weighted by Gasteiger charge is 2.43. The standard InChI is InChI=1S/C26H20Cl2N2O3S/c27-19-5-6-20(30-13-19)15-34(32,33)21-7-3-17(4-8-21)22-11-24(22)26(31)10-16-1-2-18-12-29-14-25(28)23(18)9-16/h1-9,12-14,22,24H,10-11,15H2/t22?,24-/m1/s1. The number of halogens is 2. The number of hydrogen-bond donors (Lipinski definition) is 0. The third-order valence-electron chi connectivity index (χ3n) is 6.15. The Bertz CT molecular complexity index is 1490. The maximum Gasteiger partial charge on any atom is 0.184 e. The summed E-state index contributed by atoms with van der Waals surface area (Å²) in [4.78, 5) is 21.3. The van der Waals surface area contributed by atoms with Crippen LogP contribution in [0.15, 0.2) is 78.1 Å². The molecule has 34 heavy (non-hydrogen) atoms. The Balaban J connectivity index is 1.24. The number of benzene rings is 2. The average molecular weight is 511 g/mol. The van der Waals surface area contributed by atoms with Crippen molar-refractivity contribution >= 4 is 49.6 Å². The van der Waals surface area contributed by atoms with E-state index in [1.165, 1.54) is 6.20 Å². The van der Waals surface area contributed by atoms with Crippen LogP contribution in [0.4, 0.5) is 0 Å². The number of Topliss-reactive ketones (excluding diaryl/α,β-unsaturated/α-hetero) is 1. The number of rotatable bonds is 7. The van der Waals surface area contributed by atoms with Crippen LogP contribution >= 0.6 is 23.2 Å². The maximum atomic E-state index is 12.9. The molecule has 2 atom stereocenters. The van der Waals surface area contributed by atoms with Crippen LogP contribution in [0, 0.1) is 5.92 Å². The van der Waals surface area contributed by atoms with Crippen molar-refractivity contribution in [2.24, 2.45) is 5.92 Å². The van der Waals surface area contributed by atoms with E-state index in [4.69, 9.17) is 23.2 Å². The second-order valence-electron chi connectivity index (χ2n) is 8.56. The van der Waals surface area contributed by atoms with E-state index in [0.29, 0.717) is 22.2 Å². The first-order valence-corrected chi connectivity index (χ1v) is 13.2. The van der Waals surface area contributed by atoms with Gasteiger partial charge in [0.25, 0.3) is 0 Å². The van der Waals surface area contributed by atoms with Gasteiger partial charge in [-0.25, -0.2) is 8.42 Å². The third-order valence-corrected chi connectivity index (χ3v) is 8.34. The monoisotopic (exact) mass is 510 g/mol. The molecule has 4 aromatic rings. The lowest BCUT2D eigenvalue weighted by molar-refractivity contribution is -0.119. The summed E-state index contributed by atoms with van der Waals surface area (Å²) >= 11 is 12.1. The Hall–Kier alpha value is -2.80. The molecule has 2 aromatic carbocycles. The number of hydrogen-bond acceptors (Lipinski definition) is 5. The van der Waals surface area contributed by atoms with E-state index in [0.717, 1.165) is 28.3 Å². The molecule has 172 valence electrons. The van der Waals surface area contributed by atoms with Crippen molar-refractivity contribution in [3.05, 3.63) is 100 Å². The summed E-state index contributed by atoms with van der Waals surface area (Å²) in [5.41, 5.74) is 2.34. The molecule has 5 rings (SSSR count). The molecule has 0 bridgehead atoms. The molecule has 0 saturated heterocycles. The highest BCUT2D eigenvalue weighted by atomic mass is 35.5. The minimum atomic E-state index is -3.53. The van der Waals surface area contributed by atoms with Crippen molar-refractivity contribution < 1.29 is 13.2 Å². The van der Waals surface area contributed by atoms with Gasteiger partial charge in [0.2, 0.25) is 0 Å². The van der Waals surface area contributed by atoms with E-state index in [1.54, 1.807) is 36.7 Å². The highest BCUT2D eigenvalue weighted by molar-refractivity contribution is 7.90. The van der Waals surface area contributed by atoms with Gasteiger partial charge in [-0.05, 0) is 53.8 Å². The van der Waals surface area contributed by atoms with E-state index in [2.05, 4.69) is 9.97 Å². The second-order valence-corrected chi connectivity index (χ2v) is 11.4. The Morgan fingerprint density at radius 3 is 2.50 bits per heavy atom. The molecular formula is C26H20Cl2N2O3S. The first kappa shape index (κ1) is 23.0. The molecule has 1 aliphatic rings. The molecule has 0 N–H and O–H groups in total. The Morgan fingerprint density at radius 2 is 1.76 bits per heavy atom. The van der Waals surface area contributed by atoms with E-state index in [1.807, 2.05) is 30.3 Å². The molecule has 2 heterocycles. The van der Waals surface area contributed by atoms with Crippen LogP contribution in [0.2, 0.25) is 10.0 Å². The summed E-state index contributed by atoms with van der Waals surface area (Å²) in [6, 6.07) is 15.9. The van der Waals surface area contributed by atoms with Gasteiger partial charge < -0.3 is 0 Å². The summed E-state index contributed by atoms with van der Waals surface area (Å²) in [6.45, 7) is 0.